The Bertz CT molecular complexity index is 761. The molecule has 8 nitrogen and oxygen atoms in total. The lowest BCUT2D eigenvalue weighted by Crippen LogP contribution is -2.41. The van der Waals surface area contributed by atoms with Gasteiger partial charge in [-0.25, -0.2) is 0 Å². The van der Waals surface area contributed by atoms with Crippen molar-refractivity contribution in [3.05, 3.63) is 50.3 Å². The molecule has 0 aromatic carbocycles. The molecule has 2 aromatic rings. The maximum atomic E-state index is 12.4. The molecule has 1 aliphatic heterocycles. The van der Waals surface area contributed by atoms with Gasteiger partial charge >= 0.3 is 0 Å². The highest BCUT2D eigenvalue weighted by atomic mass is 16.2. The zero-order valence-corrected chi connectivity index (χ0v) is 12.0. The van der Waals surface area contributed by atoms with Crippen molar-refractivity contribution in [3.8, 4) is 0 Å². The summed E-state index contributed by atoms with van der Waals surface area (Å²) in [6, 6.07) is 3.09. The van der Waals surface area contributed by atoms with Crippen molar-refractivity contribution in [1.29, 1.82) is 0 Å². The highest BCUT2D eigenvalue weighted by molar-refractivity contribution is 5.78. The summed E-state index contributed by atoms with van der Waals surface area (Å²) in [5, 5.41) is 11.3. The molecule has 1 saturated heterocycles. The topological polar surface area (TPSA) is 115 Å². The number of rotatable bonds is 3. The minimum Gasteiger partial charge on any atom is -0.342 e. The average Bonchev–Trinajstić information content (AvgIpc) is 3.05. The van der Waals surface area contributed by atoms with Gasteiger partial charge in [-0.2, -0.15) is 5.10 Å². The van der Waals surface area contributed by atoms with E-state index < -0.39 is 11.1 Å². The first-order valence-electron chi connectivity index (χ1n) is 7.21. The minimum absolute atomic E-state index is 0.0606. The highest BCUT2D eigenvalue weighted by Crippen LogP contribution is 2.25. The third-order valence-corrected chi connectivity index (χ3v) is 3.97. The monoisotopic (exact) mass is 303 g/mol. The zero-order valence-electron chi connectivity index (χ0n) is 12.0. The summed E-state index contributed by atoms with van der Waals surface area (Å²) in [7, 11) is 0. The molecule has 0 radical (unpaired) electrons. The molecule has 3 heterocycles. The first-order chi connectivity index (χ1) is 10.6. The molecular formula is C14H17N5O3. The Hall–Kier alpha value is -2.64. The van der Waals surface area contributed by atoms with E-state index in [1.807, 2.05) is 6.07 Å². The van der Waals surface area contributed by atoms with E-state index >= 15 is 0 Å². The van der Waals surface area contributed by atoms with E-state index in [1.165, 1.54) is 6.07 Å². The Morgan fingerprint density at radius 2 is 2.23 bits per heavy atom. The Morgan fingerprint density at radius 1 is 1.36 bits per heavy atom. The van der Waals surface area contributed by atoms with Crippen molar-refractivity contribution < 1.29 is 4.79 Å². The van der Waals surface area contributed by atoms with Crippen LogP contribution in [0.25, 0.3) is 0 Å². The van der Waals surface area contributed by atoms with Gasteiger partial charge in [0.05, 0.1) is 6.42 Å². The van der Waals surface area contributed by atoms with Crippen LogP contribution in [0.4, 0.5) is 0 Å². The SMILES string of the molecule is O=C(Cc1cc(=O)[nH][nH]c1=O)N1CCCC(c2ccn[nH]2)C1. The number of H-pyrrole nitrogens is 3. The lowest BCUT2D eigenvalue weighted by Gasteiger charge is -2.32. The van der Waals surface area contributed by atoms with Gasteiger partial charge < -0.3 is 4.90 Å². The van der Waals surface area contributed by atoms with Gasteiger partial charge in [0.2, 0.25) is 5.91 Å². The van der Waals surface area contributed by atoms with Crippen LogP contribution < -0.4 is 11.1 Å². The van der Waals surface area contributed by atoms with Crippen molar-refractivity contribution in [2.45, 2.75) is 25.2 Å². The third kappa shape index (κ3) is 3.00. The Morgan fingerprint density at radius 3 is 3.00 bits per heavy atom. The summed E-state index contributed by atoms with van der Waals surface area (Å²) in [6.07, 6.45) is 3.54. The number of likely N-dealkylation sites (tertiary alicyclic amines) is 1. The molecule has 0 aliphatic carbocycles. The van der Waals surface area contributed by atoms with Gasteiger partial charge in [-0.3, -0.25) is 29.7 Å². The molecule has 1 fully saturated rings. The minimum atomic E-state index is -0.435. The van der Waals surface area contributed by atoms with Crippen molar-refractivity contribution in [3.63, 3.8) is 0 Å². The van der Waals surface area contributed by atoms with Gasteiger partial charge in [0.1, 0.15) is 0 Å². The molecular weight excluding hydrogens is 286 g/mol. The van der Waals surface area contributed by atoms with Crippen LogP contribution >= 0.6 is 0 Å². The zero-order chi connectivity index (χ0) is 15.5. The molecule has 22 heavy (non-hydrogen) atoms. The molecule has 1 aliphatic rings. The van der Waals surface area contributed by atoms with E-state index in [0.717, 1.165) is 18.5 Å². The van der Waals surface area contributed by atoms with Gasteiger partial charge in [0.25, 0.3) is 11.1 Å². The molecule has 1 atom stereocenters. The van der Waals surface area contributed by atoms with Crippen LogP contribution in [-0.2, 0) is 11.2 Å². The maximum absolute atomic E-state index is 12.4. The number of amides is 1. The Labute approximate surface area is 125 Å². The molecule has 2 aromatic heterocycles. The first kappa shape index (κ1) is 14.3. The van der Waals surface area contributed by atoms with Crippen molar-refractivity contribution in [2.75, 3.05) is 13.1 Å². The molecule has 3 rings (SSSR count). The summed E-state index contributed by atoms with van der Waals surface area (Å²) in [4.78, 5) is 37.0. The third-order valence-electron chi connectivity index (χ3n) is 3.97. The largest absolute Gasteiger partial charge is 0.342 e. The maximum Gasteiger partial charge on any atom is 0.266 e. The van der Waals surface area contributed by atoms with Crippen LogP contribution in [0.15, 0.2) is 27.9 Å². The Balaban J connectivity index is 1.70. The lowest BCUT2D eigenvalue weighted by molar-refractivity contribution is -0.131. The molecule has 1 amide bonds. The van der Waals surface area contributed by atoms with Crippen LogP contribution in [-0.4, -0.2) is 44.3 Å². The van der Waals surface area contributed by atoms with Crippen molar-refractivity contribution in [1.82, 2.24) is 25.3 Å². The molecule has 0 spiro atoms. The van der Waals surface area contributed by atoms with Crippen LogP contribution in [0, 0.1) is 0 Å². The van der Waals surface area contributed by atoms with E-state index in [4.69, 9.17) is 0 Å². The second kappa shape index (κ2) is 6.00. The second-order valence-electron chi connectivity index (χ2n) is 5.48. The average molecular weight is 303 g/mol. The summed E-state index contributed by atoms with van der Waals surface area (Å²) < 4.78 is 0. The van der Waals surface area contributed by atoms with Gasteiger partial charge in [-0.05, 0) is 18.9 Å². The number of hydrogen-bond donors (Lipinski definition) is 3. The molecule has 8 heteroatoms. The Kier molecular flexibility index (Phi) is 3.90. The summed E-state index contributed by atoms with van der Waals surface area (Å²) >= 11 is 0. The van der Waals surface area contributed by atoms with Gasteiger partial charge in [0.15, 0.2) is 0 Å². The van der Waals surface area contributed by atoms with Gasteiger partial charge in [0, 0.05) is 42.5 Å². The van der Waals surface area contributed by atoms with Crippen LogP contribution in [0.3, 0.4) is 0 Å². The number of hydrogen-bond acceptors (Lipinski definition) is 4. The summed E-state index contributed by atoms with van der Waals surface area (Å²) in [6.45, 7) is 1.27. The first-order valence-corrected chi connectivity index (χ1v) is 7.21. The second-order valence-corrected chi connectivity index (χ2v) is 5.48. The molecule has 1 unspecified atom stereocenters. The van der Waals surface area contributed by atoms with E-state index in [-0.39, 0.29) is 23.8 Å². The predicted molar refractivity (Wildman–Crippen MR) is 78.5 cm³/mol. The van der Waals surface area contributed by atoms with Crippen LogP contribution in [0.2, 0.25) is 0 Å². The van der Waals surface area contributed by atoms with Crippen molar-refractivity contribution in [2.24, 2.45) is 0 Å². The van der Waals surface area contributed by atoms with Crippen LogP contribution in [0.5, 0.6) is 0 Å². The fraction of sp³-hybridized carbons (Fsp3) is 0.429. The smallest absolute Gasteiger partial charge is 0.266 e. The fourth-order valence-electron chi connectivity index (χ4n) is 2.82. The normalized spacial score (nSPS) is 18.4. The number of piperidine rings is 1. The summed E-state index contributed by atoms with van der Waals surface area (Å²) in [5.74, 6) is 0.0953. The predicted octanol–water partition coefficient (Wildman–Crippen LogP) is -0.265. The fourth-order valence-corrected chi connectivity index (χ4v) is 2.82. The summed E-state index contributed by atoms with van der Waals surface area (Å²) in [5.41, 5.74) is 0.357. The standard InChI is InChI=1S/C14H17N5O3/c20-12-6-10(14(22)18-17-12)7-13(21)19-5-1-2-9(8-19)11-3-4-15-16-11/h3-4,6,9H,1-2,5,7-8H2,(H,15,16)(H,17,20)(H,18,22). The van der Waals surface area contributed by atoms with E-state index in [0.29, 0.717) is 13.1 Å². The number of aromatic amines is 3. The van der Waals surface area contributed by atoms with Gasteiger partial charge in [-0.15, -0.1) is 0 Å². The lowest BCUT2D eigenvalue weighted by atomic mass is 9.94. The molecule has 116 valence electrons. The van der Waals surface area contributed by atoms with E-state index in [9.17, 15) is 14.4 Å². The van der Waals surface area contributed by atoms with Crippen molar-refractivity contribution >= 4 is 5.91 Å². The number of nitrogens with zero attached hydrogens (tertiary/aromatic N) is 2. The van der Waals surface area contributed by atoms with E-state index in [2.05, 4.69) is 20.4 Å². The molecule has 0 saturated carbocycles. The quantitative estimate of drug-likeness (QED) is 0.724. The number of carbonyl (C=O) groups excluding carboxylic acids is 1. The molecule has 3 N–H and O–H groups in total. The number of carbonyl (C=O) groups is 1. The number of aromatic nitrogens is 4. The number of nitrogens with one attached hydrogen (secondary N) is 3. The van der Waals surface area contributed by atoms with Crippen LogP contribution in [0.1, 0.15) is 30.0 Å². The molecule has 0 bridgehead atoms. The van der Waals surface area contributed by atoms with E-state index in [1.54, 1.807) is 11.1 Å². The highest BCUT2D eigenvalue weighted by Gasteiger charge is 2.25. The van der Waals surface area contributed by atoms with Gasteiger partial charge in [-0.1, -0.05) is 0 Å².